The summed E-state index contributed by atoms with van der Waals surface area (Å²) in [5, 5.41) is 22.4. The Bertz CT molecular complexity index is 3250. The first-order valence-corrected chi connectivity index (χ1v) is 27.1. The number of piperazine rings is 1. The Hall–Kier alpha value is -7.17. The van der Waals surface area contributed by atoms with Crippen LogP contribution in [0.1, 0.15) is 114 Å². The van der Waals surface area contributed by atoms with Crippen LogP contribution in [-0.4, -0.2) is 98.3 Å². The SMILES string of the molecule is Cc1c(OC2CCC(CCC[C@H](C)N3CCN(c4cccc5c([C@@H]6CCC(=O)NC6=O)nn(C)c45)CC3)CC2)cccc1-c1ccc(N2CCc3cccc(C(=O)Nc4nc5ccccc5s4)c3C2)nc1C(=O)O. The molecule has 0 spiro atoms. The molecule has 16 heteroatoms. The van der Waals surface area contributed by atoms with Crippen molar-refractivity contribution in [2.45, 2.75) is 103 Å². The topological polar surface area (TPSA) is 175 Å². The molecule has 1 aliphatic carbocycles. The van der Waals surface area contributed by atoms with E-state index in [0.717, 1.165) is 112 Å². The summed E-state index contributed by atoms with van der Waals surface area (Å²) in [7, 11) is 1.95. The number of imide groups is 1. The molecule has 3 amide bonds. The number of piperidine rings is 1. The van der Waals surface area contributed by atoms with E-state index in [1.54, 1.807) is 0 Å². The number of anilines is 3. The van der Waals surface area contributed by atoms with Crippen LogP contribution >= 0.6 is 11.3 Å². The summed E-state index contributed by atoms with van der Waals surface area (Å²) in [4.78, 5) is 67.6. The smallest absolute Gasteiger partial charge is 0.355 e. The Labute approximate surface area is 434 Å². The van der Waals surface area contributed by atoms with Crippen LogP contribution in [0.25, 0.3) is 32.2 Å². The van der Waals surface area contributed by atoms with E-state index >= 15 is 0 Å². The van der Waals surface area contributed by atoms with Gasteiger partial charge in [-0.25, -0.2) is 14.8 Å². The average molecular weight is 1010 g/mol. The van der Waals surface area contributed by atoms with Gasteiger partial charge in [0.2, 0.25) is 11.8 Å². The third kappa shape index (κ3) is 9.96. The van der Waals surface area contributed by atoms with Gasteiger partial charge in [0.1, 0.15) is 11.6 Å². The number of nitrogens with one attached hydrogen (secondary N) is 2. The molecule has 0 radical (unpaired) electrons. The molecule has 2 saturated heterocycles. The Kier molecular flexibility index (Phi) is 13.9. The monoisotopic (exact) mass is 1010 g/mol. The molecule has 4 aliphatic rings. The molecule has 3 aliphatic heterocycles. The first-order valence-electron chi connectivity index (χ1n) is 26.3. The van der Waals surface area contributed by atoms with Gasteiger partial charge in [0, 0.05) is 75.3 Å². The lowest BCUT2D eigenvalue weighted by atomic mass is 9.84. The maximum atomic E-state index is 13.7. The van der Waals surface area contributed by atoms with E-state index in [-0.39, 0.29) is 29.5 Å². The number of aromatic nitrogens is 4. The van der Waals surface area contributed by atoms with Crippen LogP contribution in [0.15, 0.2) is 91.0 Å². The molecular weight excluding hydrogens is 951 g/mol. The summed E-state index contributed by atoms with van der Waals surface area (Å²) in [5.41, 5.74) is 8.53. The van der Waals surface area contributed by atoms with Crippen molar-refractivity contribution in [1.29, 1.82) is 0 Å². The average Bonchev–Trinajstić information content (AvgIpc) is 3.99. The number of rotatable bonds is 14. The highest BCUT2D eigenvalue weighted by Crippen LogP contribution is 2.39. The molecule has 3 aromatic heterocycles. The van der Waals surface area contributed by atoms with Gasteiger partial charge in [0.15, 0.2) is 10.8 Å². The van der Waals surface area contributed by atoms with E-state index in [0.29, 0.717) is 66.4 Å². The summed E-state index contributed by atoms with van der Waals surface area (Å²) in [6, 6.07) is 30.0. The van der Waals surface area contributed by atoms with Gasteiger partial charge in [-0.15, -0.1) is 0 Å². The number of aryl methyl sites for hydroxylation is 1. The number of thiazole rings is 1. The number of aromatic carboxylic acids is 1. The van der Waals surface area contributed by atoms with Crippen LogP contribution in [0.3, 0.4) is 0 Å². The quantitative estimate of drug-likeness (QED) is 0.0881. The molecular formula is C58H63N9O6S. The number of para-hydroxylation sites is 2. The highest BCUT2D eigenvalue weighted by molar-refractivity contribution is 7.22. The molecule has 74 heavy (non-hydrogen) atoms. The van der Waals surface area contributed by atoms with Crippen molar-refractivity contribution in [3.8, 4) is 16.9 Å². The molecule has 15 nitrogen and oxygen atoms in total. The standard InChI is InChI=1S/C58H63N9O6S/c1-35(65-30-32-66(33-31-65)47-17-8-15-43-52(63-64(3)54(43)47)44-25-27-51(68)61-56(44)70)10-6-11-37-20-22-39(23-21-37)73-48-18-9-13-40(36(48)2)41-24-26-50(60-53(41)57(71)72)67-29-28-38-12-7-14-42(45(38)34-67)55(69)62-58-59-46-16-4-5-19-49(46)74-58/h4-5,7-9,12-19,24,26,35,37,39,44H,6,10-11,20-23,25,27-34H2,1-3H3,(H,71,72)(H,59,62,69)(H,61,68,70)/t35-,37?,39?,44-/m0/s1. The molecule has 3 fully saturated rings. The number of pyridine rings is 1. The van der Waals surface area contributed by atoms with E-state index < -0.39 is 11.9 Å². The van der Waals surface area contributed by atoms with Crippen molar-refractivity contribution < 1.29 is 29.0 Å². The summed E-state index contributed by atoms with van der Waals surface area (Å²) in [6.07, 6.45) is 9.44. The molecule has 1 saturated carbocycles. The fraction of sp³-hybridized carbons (Fsp3) is 0.397. The van der Waals surface area contributed by atoms with Crippen LogP contribution in [0, 0.1) is 12.8 Å². The number of carboxylic acid groups (broad SMARTS) is 1. The number of carboxylic acids is 1. The zero-order valence-electron chi connectivity index (χ0n) is 42.3. The summed E-state index contributed by atoms with van der Waals surface area (Å²) < 4.78 is 9.61. The zero-order valence-corrected chi connectivity index (χ0v) is 43.1. The fourth-order valence-corrected chi connectivity index (χ4v) is 12.8. The van der Waals surface area contributed by atoms with Gasteiger partial charge in [-0.1, -0.05) is 72.7 Å². The predicted molar refractivity (Wildman–Crippen MR) is 289 cm³/mol. The first kappa shape index (κ1) is 49.1. The van der Waals surface area contributed by atoms with Crippen LogP contribution < -0.4 is 25.2 Å². The Morgan fingerprint density at radius 2 is 1.65 bits per heavy atom. The third-order valence-electron chi connectivity index (χ3n) is 16.1. The molecule has 3 N–H and O–H groups in total. The second-order valence-corrected chi connectivity index (χ2v) is 21.6. The van der Waals surface area contributed by atoms with E-state index in [1.165, 1.54) is 30.6 Å². The largest absolute Gasteiger partial charge is 0.490 e. The maximum absolute atomic E-state index is 13.7. The number of hydrogen-bond donors (Lipinski definition) is 3. The maximum Gasteiger partial charge on any atom is 0.355 e. The van der Waals surface area contributed by atoms with E-state index in [2.05, 4.69) is 55.4 Å². The number of amides is 3. The van der Waals surface area contributed by atoms with Gasteiger partial charge in [0.25, 0.3) is 5.91 Å². The molecule has 382 valence electrons. The van der Waals surface area contributed by atoms with Crippen molar-refractivity contribution >= 4 is 72.8 Å². The zero-order chi connectivity index (χ0) is 51.0. The van der Waals surface area contributed by atoms with Crippen molar-refractivity contribution in [2.24, 2.45) is 13.0 Å². The van der Waals surface area contributed by atoms with Crippen LogP contribution in [0.5, 0.6) is 5.75 Å². The fourth-order valence-electron chi connectivity index (χ4n) is 11.9. The van der Waals surface area contributed by atoms with Gasteiger partial charge in [-0.2, -0.15) is 5.10 Å². The molecule has 0 unspecified atom stereocenters. The van der Waals surface area contributed by atoms with Gasteiger partial charge in [-0.05, 0) is 129 Å². The van der Waals surface area contributed by atoms with Crippen LogP contribution in [-0.2, 0) is 29.6 Å². The lowest BCUT2D eigenvalue weighted by Crippen LogP contribution is -2.49. The molecule has 6 heterocycles. The van der Waals surface area contributed by atoms with E-state index in [4.69, 9.17) is 14.8 Å². The molecule has 4 aromatic carbocycles. The first-order chi connectivity index (χ1) is 35.9. The number of nitrogens with zero attached hydrogens (tertiary/aromatic N) is 7. The summed E-state index contributed by atoms with van der Waals surface area (Å²) in [5.74, 6) is -0.215. The molecule has 11 rings (SSSR count). The number of ether oxygens (including phenoxy) is 1. The van der Waals surface area contributed by atoms with E-state index in [9.17, 15) is 24.3 Å². The molecule has 2 atom stereocenters. The van der Waals surface area contributed by atoms with Gasteiger partial charge < -0.3 is 19.6 Å². The highest BCUT2D eigenvalue weighted by Gasteiger charge is 2.33. The minimum Gasteiger partial charge on any atom is -0.490 e. The number of carbonyl (C=O) groups excluding carboxylic acids is 3. The van der Waals surface area contributed by atoms with Crippen molar-refractivity contribution in [1.82, 2.24) is 30.0 Å². The highest BCUT2D eigenvalue weighted by atomic mass is 32.1. The number of carbonyl (C=O) groups is 4. The van der Waals surface area contributed by atoms with E-state index in [1.807, 2.05) is 91.4 Å². The third-order valence-corrected chi connectivity index (χ3v) is 17.0. The Morgan fingerprint density at radius 3 is 2.45 bits per heavy atom. The predicted octanol–water partition coefficient (Wildman–Crippen LogP) is 9.91. The van der Waals surface area contributed by atoms with Crippen molar-refractivity contribution in [3.63, 3.8) is 0 Å². The minimum atomic E-state index is -1.10. The number of hydrogen-bond acceptors (Lipinski definition) is 12. The minimum absolute atomic E-state index is 0.0189. The Balaban J connectivity index is 0.664. The second-order valence-electron chi connectivity index (χ2n) is 20.6. The van der Waals surface area contributed by atoms with Gasteiger partial charge >= 0.3 is 5.97 Å². The molecule has 7 aromatic rings. The van der Waals surface area contributed by atoms with Gasteiger partial charge in [-0.3, -0.25) is 34.6 Å². The van der Waals surface area contributed by atoms with Crippen LogP contribution in [0.4, 0.5) is 16.6 Å². The lowest BCUT2D eigenvalue weighted by molar-refractivity contribution is -0.134. The van der Waals surface area contributed by atoms with Gasteiger partial charge in [0.05, 0.1) is 39.1 Å². The van der Waals surface area contributed by atoms with Crippen molar-refractivity contribution in [3.05, 3.63) is 125 Å². The number of benzene rings is 4. The summed E-state index contributed by atoms with van der Waals surface area (Å²) >= 11 is 1.44. The lowest BCUT2D eigenvalue weighted by Gasteiger charge is -2.39. The summed E-state index contributed by atoms with van der Waals surface area (Å²) in [6.45, 7) is 9.24. The van der Waals surface area contributed by atoms with Crippen LogP contribution in [0.2, 0.25) is 0 Å². The molecule has 0 bridgehead atoms. The number of fused-ring (bicyclic) bond motifs is 3. The van der Waals surface area contributed by atoms with Crippen molar-refractivity contribution in [2.75, 3.05) is 47.8 Å². The normalized spacial score (nSPS) is 19.9. The Morgan fingerprint density at radius 1 is 0.851 bits per heavy atom. The second kappa shape index (κ2) is 21.0.